The molecule has 3 N–H and O–H groups in total. The molecule has 26 heavy (non-hydrogen) atoms. The zero-order valence-electron chi connectivity index (χ0n) is 14.5. The number of benzene rings is 1. The van der Waals surface area contributed by atoms with Crippen molar-refractivity contribution in [2.45, 2.75) is 31.1 Å². The summed E-state index contributed by atoms with van der Waals surface area (Å²) >= 11 is 0. The Balaban J connectivity index is 1.55. The molecule has 7 nitrogen and oxygen atoms in total. The molecule has 136 valence electrons. The number of esters is 1. The van der Waals surface area contributed by atoms with Crippen molar-refractivity contribution >= 4 is 17.7 Å². The highest BCUT2D eigenvalue weighted by molar-refractivity contribution is 5.93. The fourth-order valence-corrected chi connectivity index (χ4v) is 3.44. The lowest BCUT2D eigenvalue weighted by Gasteiger charge is -2.30. The van der Waals surface area contributed by atoms with Crippen LogP contribution in [0.15, 0.2) is 42.7 Å². The Morgan fingerprint density at radius 1 is 1.12 bits per heavy atom. The molecular weight excluding hydrogens is 332 g/mol. The van der Waals surface area contributed by atoms with Crippen LogP contribution in [-0.4, -0.2) is 35.0 Å². The van der Waals surface area contributed by atoms with E-state index in [1.165, 1.54) is 18.0 Å². The minimum atomic E-state index is -0.760. The van der Waals surface area contributed by atoms with Crippen LogP contribution >= 0.6 is 0 Å². The van der Waals surface area contributed by atoms with Crippen molar-refractivity contribution in [3.05, 3.63) is 54.0 Å². The van der Waals surface area contributed by atoms with Crippen molar-refractivity contribution in [1.82, 2.24) is 15.3 Å². The SMILES string of the molecule is Nc1nccnc1C(=O)OCC(=O)NCC1(c2ccccc2)CCCC1. The Bertz CT molecular complexity index is 773. The molecule has 0 spiro atoms. The van der Waals surface area contributed by atoms with Gasteiger partial charge in [0.05, 0.1) is 0 Å². The number of hydrogen-bond donors (Lipinski definition) is 2. The zero-order valence-corrected chi connectivity index (χ0v) is 14.5. The Kier molecular flexibility index (Phi) is 5.46. The van der Waals surface area contributed by atoms with Crippen molar-refractivity contribution in [2.24, 2.45) is 0 Å². The molecule has 1 aliphatic rings. The fourth-order valence-electron chi connectivity index (χ4n) is 3.44. The molecule has 0 atom stereocenters. The average molecular weight is 354 g/mol. The quantitative estimate of drug-likeness (QED) is 0.767. The molecule has 3 rings (SSSR count). The van der Waals surface area contributed by atoms with Crippen molar-refractivity contribution in [3.63, 3.8) is 0 Å². The Morgan fingerprint density at radius 2 is 1.81 bits per heavy atom. The Labute approximate surface area is 152 Å². The van der Waals surface area contributed by atoms with Gasteiger partial charge in [-0.1, -0.05) is 43.2 Å². The molecule has 1 saturated carbocycles. The maximum atomic E-state index is 12.1. The first kappa shape index (κ1) is 17.8. The van der Waals surface area contributed by atoms with Gasteiger partial charge in [0, 0.05) is 24.4 Å². The number of carbonyl (C=O) groups excluding carboxylic acids is 2. The minimum absolute atomic E-state index is 0.0214. The average Bonchev–Trinajstić information content (AvgIpc) is 3.16. The van der Waals surface area contributed by atoms with Crippen LogP contribution in [0, 0.1) is 0 Å². The van der Waals surface area contributed by atoms with Crippen LogP contribution in [0.5, 0.6) is 0 Å². The third-order valence-electron chi connectivity index (χ3n) is 4.83. The van der Waals surface area contributed by atoms with Gasteiger partial charge >= 0.3 is 5.97 Å². The minimum Gasteiger partial charge on any atom is -0.451 e. The summed E-state index contributed by atoms with van der Waals surface area (Å²) in [7, 11) is 0. The van der Waals surface area contributed by atoms with Crippen molar-refractivity contribution in [3.8, 4) is 0 Å². The van der Waals surface area contributed by atoms with E-state index in [0.29, 0.717) is 6.54 Å². The molecular formula is C19H22N4O3. The van der Waals surface area contributed by atoms with Gasteiger partial charge in [-0.3, -0.25) is 4.79 Å². The third-order valence-corrected chi connectivity index (χ3v) is 4.83. The van der Waals surface area contributed by atoms with E-state index in [0.717, 1.165) is 25.7 Å². The van der Waals surface area contributed by atoms with Crippen LogP contribution in [0.2, 0.25) is 0 Å². The van der Waals surface area contributed by atoms with Gasteiger partial charge < -0.3 is 15.8 Å². The van der Waals surface area contributed by atoms with E-state index in [1.807, 2.05) is 18.2 Å². The first-order valence-corrected chi connectivity index (χ1v) is 8.67. The Hall–Kier alpha value is -2.96. The van der Waals surface area contributed by atoms with Gasteiger partial charge in [0.2, 0.25) is 0 Å². The summed E-state index contributed by atoms with van der Waals surface area (Å²) < 4.78 is 4.99. The van der Waals surface area contributed by atoms with Gasteiger partial charge in [0.25, 0.3) is 5.91 Å². The van der Waals surface area contributed by atoms with Crippen LogP contribution in [0.25, 0.3) is 0 Å². The molecule has 1 aliphatic carbocycles. The first-order valence-electron chi connectivity index (χ1n) is 8.67. The number of hydrogen-bond acceptors (Lipinski definition) is 6. The highest BCUT2D eigenvalue weighted by atomic mass is 16.5. The zero-order chi connectivity index (χ0) is 18.4. The highest BCUT2D eigenvalue weighted by Crippen LogP contribution is 2.40. The smallest absolute Gasteiger partial charge is 0.361 e. The van der Waals surface area contributed by atoms with E-state index in [4.69, 9.17) is 10.5 Å². The fraction of sp³-hybridized carbons (Fsp3) is 0.368. The van der Waals surface area contributed by atoms with Crippen LogP contribution < -0.4 is 11.1 Å². The monoisotopic (exact) mass is 354 g/mol. The van der Waals surface area contributed by atoms with Gasteiger partial charge in [-0.2, -0.15) is 0 Å². The van der Waals surface area contributed by atoms with Gasteiger partial charge in [-0.05, 0) is 18.4 Å². The second-order valence-corrected chi connectivity index (χ2v) is 6.50. The number of nitrogens with one attached hydrogen (secondary N) is 1. The summed E-state index contributed by atoms with van der Waals surface area (Å²) in [5.74, 6) is -1.13. The molecule has 0 radical (unpaired) electrons. The van der Waals surface area contributed by atoms with Gasteiger partial charge in [-0.15, -0.1) is 0 Å². The van der Waals surface area contributed by atoms with Crippen molar-refractivity contribution < 1.29 is 14.3 Å². The van der Waals surface area contributed by atoms with E-state index >= 15 is 0 Å². The molecule has 0 unspecified atom stereocenters. The molecule has 0 saturated heterocycles. The molecule has 1 amide bonds. The van der Waals surface area contributed by atoms with Gasteiger partial charge in [-0.25, -0.2) is 14.8 Å². The third kappa shape index (κ3) is 3.99. The molecule has 1 aromatic carbocycles. The second-order valence-electron chi connectivity index (χ2n) is 6.50. The molecule has 1 aromatic heterocycles. The number of ether oxygens (including phenoxy) is 1. The lowest BCUT2D eigenvalue weighted by atomic mass is 9.79. The summed E-state index contributed by atoms with van der Waals surface area (Å²) in [5.41, 5.74) is 6.68. The lowest BCUT2D eigenvalue weighted by Crippen LogP contribution is -2.40. The highest BCUT2D eigenvalue weighted by Gasteiger charge is 2.35. The van der Waals surface area contributed by atoms with E-state index in [9.17, 15) is 9.59 Å². The van der Waals surface area contributed by atoms with E-state index < -0.39 is 5.97 Å². The summed E-state index contributed by atoms with van der Waals surface area (Å²) in [5, 5.41) is 2.90. The number of amides is 1. The first-order chi connectivity index (χ1) is 12.6. The van der Waals surface area contributed by atoms with E-state index in [-0.39, 0.29) is 29.4 Å². The standard InChI is InChI=1S/C19H22N4O3/c20-17-16(21-10-11-22-17)18(25)26-12-15(24)23-13-19(8-4-5-9-19)14-6-2-1-3-7-14/h1-3,6-7,10-11H,4-5,8-9,12-13H2,(H2,20,22)(H,23,24). The van der Waals surface area contributed by atoms with Crippen molar-refractivity contribution in [2.75, 3.05) is 18.9 Å². The predicted molar refractivity (Wildman–Crippen MR) is 96.3 cm³/mol. The van der Waals surface area contributed by atoms with Gasteiger partial charge in [0.1, 0.15) is 0 Å². The summed E-state index contributed by atoms with van der Waals surface area (Å²) in [6, 6.07) is 10.2. The number of nitrogen functional groups attached to an aromatic ring is 1. The molecule has 0 bridgehead atoms. The van der Waals surface area contributed by atoms with Crippen molar-refractivity contribution in [1.29, 1.82) is 0 Å². The second kappa shape index (κ2) is 7.95. The summed E-state index contributed by atoms with van der Waals surface area (Å²) in [4.78, 5) is 31.7. The van der Waals surface area contributed by atoms with Crippen LogP contribution in [-0.2, 0) is 14.9 Å². The molecule has 0 aliphatic heterocycles. The van der Waals surface area contributed by atoms with Gasteiger partial charge in [0.15, 0.2) is 18.1 Å². The largest absolute Gasteiger partial charge is 0.451 e. The predicted octanol–water partition coefficient (Wildman–Crippen LogP) is 1.84. The number of anilines is 1. The summed E-state index contributed by atoms with van der Waals surface area (Å²) in [6.45, 7) is 0.153. The van der Waals surface area contributed by atoms with Crippen LogP contribution in [0.3, 0.4) is 0 Å². The number of carbonyl (C=O) groups is 2. The molecule has 2 aromatic rings. The number of nitrogens with two attached hydrogens (primary N) is 1. The molecule has 7 heteroatoms. The number of aromatic nitrogens is 2. The molecule has 1 fully saturated rings. The summed E-state index contributed by atoms with van der Waals surface area (Å²) in [6.07, 6.45) is 7.08. The van der Waals surface area contributed by atoms with E-state index in [1.54, 1.807) is 0 Å². The van der Waals surface area contributed by atoms with E-state index in [2.05, 4.69) is 27.4 Å². The number of rotatable bonds is 6. The number of nitrogens with zero attached hydrogens (tertiary/aromatic N) is 2. The van der Waals surface area contributed by atoms with Crippen LogP contribution in [0.4, 0.5) is 5.82 Å². The topological polar surface area (TPSA) is 107 Å². The van der Waals surface area contributed by atoms with Crippen LogP contribution in [0.1, 0.15) is 41.7 Å². The maximum Gasteiger partial charge on any atom is 0.361 e. The maximum absolute atomic E-state index is 12.1. The molecule has 1 heterocycles. The lowest BCUT2D eigenvalue weighted by molar-refractivity contribution is -0.124. The Morgan fingerprint density at radius 3 is 2.50 bits per heavy atom. The normalized spacial score (nSPS) is 15.4.